The third-order valence-electron chi connectivity index (χ3n) is 5.43. The van der Waals surface area contributed by atoms with E-state index in [2.05, 4.69) is 0 Å². The van der Waals surface area contributed by atoms with Gasteiger partial charge in [-0.1, -0.05) is 24.3 Å². The Bertz CT molecular complexity index is 808. The number of benzene rings is 2. The van der Waals surface area contributed by atoms with Gasteiger partial charge in [0, 0.05) is 13.0 Å². The normalized spacial score (nSPS) is 21.9. The number of carbonyl (C=O) groups excluding carboxylic acids is 1. The van der Waals surface area contributed by atoms with Crippen molar-refractivity contribution in [3.8, 4) is 0 Å². The minimum absolute atomic E-state index is 0.268. The number of cyclic esters (lactones) is 1. The molecular weight excluding hydrogens is 364 g/mol. The van der Waals surface area contributed by atoms with E-state index in [0.717, 1.165) is 11.1 Å². The second-order valence-corrected chi connectivity index (χ2v) is 7.43. The third-order valence-corrected chi connectivity index (χ3v) is 5.43. The average molecular weight is 389 g/mol. The van der Waals surface area contributed by atoms with E-state index < -0.39 is 17.8 Å². The van der Waals surface area contributed by atoms with E-state index in [0.29, 0.717) is 25.8 Å². The predicted molar refractivity (Wildman–Crippen MR) is 102 cm³/mol. The van der Waals surface area contributed by atoms with Crippen molar-refractivity contribution in [1.29, 1.82) is 0 Å². The largest absolute Gasteiger partial charge is 0.438 e. The summed E-state index contributed by atoms with van der Waals surface area (Å²) in [6, 6.07) is 11.7. The molecule has 6 heteroatoms. The highest BCUT2D eigenvalue weighted by Crippen LogP contribution is 2.40. The van der Waals surface area contributed by atoms with Crippen LogP contribution in [0, 0.1) is 11.6 Å². The summed E-state index contributed by atoms with van der Waals surface area (Å²) in [6.45, 7) is 4.00. The lowest BCUT2D eigenvalue weighted by atomic mass is 9.83. The van der Waals surface area contributed by atoms with Crippen LogP contribution in [0.5, 0.6) is 0 Å². The van der Waals surface area contributed by atoms with Gasteiger partial charge in [-0.05, 0) is 62.1 Å². The maximum atomic E-state index is 13.4. The first-order valence-electron chi connectivity index (χ1n) is 9.50. The Morgan fingerprint density at radius 2 is 1.64 bits per heavy atom. The van der Waals surface area contributed by atoms with Gasteiger partial charge in [0.25, 0.3) is 0 Å². The van der Waals surface area contributed by atoms with Crippen molar-refractivity contribution in [3.05, 3.63) is 71.3 Å². The van der Waals surface area contributed by atoms with Crippen LogP contribution >= 0.6 is 0 Å². The lowest BCUT2D eigenvalue weighted by Gasteiger charge is -2.44. The molecule has 1 aliphatic rings. The zero-order chi connectivity index (χ0) is 20.3. The van der Waals surface area contributed by atoms with E-state index in [4.69, 9.17) is 4.74 Å². The summed E-state index contributed by atoms with van der Waals surface area (Å²) in [4.78, 5) is 14.5. The quantitative estimate of drug-likeness (QED) is 0.763. The van der Waals surface area contributed by atoms with Crippen LogP contribution in [0.15, 0.2) is 48.5 Å². The Balaban J connectivity index is 1.82. The van der Waals surface area contributed by atoms with Crippen molar-refractivity contribution in [2.45, 2.75) is 50.9 Å². The highest BCUT2D eigenvalue weighted by Gasteiger charge is 2.43. The first kappa shape index (κ1) is 20.3. The summed E-state index contributed by atoms with van der Waals surface area (Å²) in [6.07, 6.45) is 0.409. The maximum Gasteiger partial charge on any atom is 0.411 e. The van der Waals surface area contributed by atoms with E-state index in [1.807, 2.05) is 6.92 Å². The molecule has 0 aliphatic carbocycles. The van der Waals surface area contributed by atoms with E-state index in [-0.39, 0.29) is 17.7 Å². The molecule has 3 rings (SSSR count). The molecule has 0 bridgehead atoms. The van der Waals surface area contributed by atoms with Crippen molar-refractivity contribution < 1.29 is 23.4 Å². The standard InChI is InChI=1S/C22H25F2NO3/c1-15(26)11-12-22(18-5-9-20(24)10-6-18)13-14-25(21(27)28-22)16(2)17-3-7-19(23)8-4-17/h3-10,15-16,26H,11-14H2,1-2H3/t15?,16-,22?/m0/s1. The predicted octanol–water partition coefficient (Wildman–Crippen LogP) is 4.92. The monoisotopic (exact) mass is 389 g/mol. The number of rotatable bonds is 6. The molecule has 2 aromatic rings. The van der Waals surface area contributed by atoms with Crippen molar-refractivity contribution in [2.75, 3.05) is 6.54 Å². The molecular formula is C22H25F2NO3. The van der Waals surface area contributed by atoms with Gasteiger partial charge in [-0.15, -0.1) is 0 Å². The lowest BCUT2D eigenvalue weighted by Crippen LogP contribution is -2.49. The summed E-state index contributed by atoms with van der Waals surface area (Å²) >= 11 is 0. The van der Waals surface area contributed by atoms with Crippen LogP contribution in [0.1, 0.15) is 50.3 Å². The van der Waals surface area contributed by atoms with E-state index in [9.17, 15) is 18.7 Å². The van der Waals surface area contributed by atoms with Crippen LogP contribution in [-0.2, 0) is 10.3 Å². The van der Waals surface area contributed by atoms with Crippen LogP contribution in [0.3, 0.4) is 0 Å². The van der Waals surface area contributed by atoms with Gasteiger partial charge >= 0.3 is 6.09 Å². The molecule has 150 valence electrons. The van der Waals surface area contributed by atoms with Gasteiger partial charge in [-0.25, -0.2) is 13.6 Å². The number of halogens is 2. The Morgan fingerprint density at radius 3 is 2.18 bits per heavy atom. The van der Waals surface area contributed by atoms with Crippen molar-refractivity contribution in [3.63, 3.8) is 0 Å². The molecule has 1 aliphatic heterocycles. The second-order valence-electron chi connectivity index (χ2n) is 7.43. The fourth-order valence-electron chi connectivity index (χ4n) is 3.66. The first-order chi connectivity index (χ1) is 13.3. The molecule has 1 heterocycles. The van der Waals surface area contributed by atoms with Gasteiger partial charge in [0.15, 0.2) is 0 Å². The minimum atomic E-state index is -0.902. The van der Waals surface area contributed by atoms with Crippen molar-refractivity contribution in [1.82, 2.24) is 4.90 Å². The van der Waals surface area contributed by atoms with Gasteiger partial charge in [0.1, 0.15) is 17.2 Å². The zero-order valence-corrected chi connectivity index (χ0v) is 16.1. The molecule has 0 aromatic heterocycles. The number of aliphatic hydroxyl groups excluding tert-OH is 1. The lowest BCUT2D eigenvalue weighted by molar-refractivity contribution is -0.0705. The van der Waals surface area contributed by atoms with Crippen LogP contribution in [0.25, 0.3) is 0 Å². The van der Waals surface area contributed by atoms with E-state index >= 15 is 0 Å². The third kappa shape index (κ3) is 4.33. The number of hydrogen-bond acceptors (Lipinski definition) is 3. The van der Waals surface area contributed by atoms with Crippen molar-refractivity contribution in [2.24, 2.45) is 0 Å². The molecule has 2 unspecified atom stereocenters. The number of amides is 1. The Hall–Kier alpha value is -2.47. The molecule has 28 heavy (non-hydrogen) atoms. The SMILES string of the molecule is CC(O)CCC1(c2ccc(F)cc2)CCN([C@@H](C)c2ccc(F)cc2)C(=O)O1. The van der Waals surface area contributed by atoms with Crippen LogP contribution in [0.4, 0.5) is 13.6 Å². The summed E-state index contributed by atoms with van der Waals surface area (Å²) in [5.41, 5.74) is 0.634. The molecule has 0 radical (unpaired) electrons. The topological polar surface area (TPSA) is 49.8 Å². The molecule has 1 saturated heterocycles. The summed E-state index contributed by atoms with van der Waals surface area (Å²) in [5, 5.41) is 9.72. The smallest absolute Gasteiger partial charge is 0.411 e. The molecule has 3 atom stereocenters. The minimum Gasteiger partial charge on any atom is -0.438 e. The van der Waals surface area contributed by atoms with E-state index in [1.165, 1.54) is 24.3 Å². The van der Waals surface area contributed by atoms with Gasteiger partial charge < -0.3 is 14.7 Å². The summed E-state index contributed by atoms with van der Waals surface area (Å²) in [7, 11) is 0. The second kappa shape index (κ2) is 8.27. The number of carbonyl (C=O) groups is 1. The zero-order valence-electron chi connectivity index (χ0n) is 16.1. The maximum absolute atomic E-state index is 13.4. The molecule has 0 saturated carbocycles. The fourth-order valence-corrected chi connectivity index (χ4v) is 3.66. The number of ether oxygens (including phenoxy) is 1. The van der Waals surface area contributed by atoms with Gasteiger partial charge in [0.05, 0.1) is 12.1 Å². The van der Waals surface area contributed by atoms with Crippen molar-refractivity contribution >= 4 is 6.09 Å². The molecule has 4 nitrogen and oxygen atoms in total. The Kier molecular flexibility index (Phi) is 5.98. The fraction of sp³-hybridized carbons (Fsp3) is 0.409. The number of aliphatic hydroxyl groups is 1. The van der Waals surface area contributed by atoms with Crippen LogP contribution < -0.4 is 0 Å². The summed E-state index contributed by atoms with van der Waals surface area (Å²) < 4.78 is 32.5. The van der Waals surface area contributed by atoms with Gasteiger partial charge in [-0.3, -0.25) is 0 Å². The van der Waals surface area contributed by atoms with E-state index in [1.54, 1.807) is 36.1 Å². The highest BCUT2D eigenvalue weighted by molar-refractivity contribution is 5.70. The summed E-state index contributed by atoms with van der Waals surface area (Å²) in [5.74, 6) is -0.686. The van der Waals surface area contributed by atoms with Gasteiger partial charge in [0.2, 0.25) is 0 Å². The number of hydrogen-bond donors (Lipinski definition) is 1. The number of nitrogens with zero attached hydrogens (tertiary/aromatic N) is 1. The highest BCUT2D eigenvalue weighted by atomic mass is 19.1. The van der Waals surface area contributed by atoms with Gasteiger partial charge in [-0.2, -0.15) is 0 Å². The van der Waals surface area contributed by atoms with Crippen LogP contribution in [-0.4, -0.2) is 28.7 Å². The average Bonchev–Trinajstić information content (AvgIpc) is 2.67. The molecule has 2 aromatic carbocycles. The first-order valence-corrected chi connectivity index (χ1v) is 9.50. The molecule has 1 fully saturated rings. The Morgan fingerprint density at radius 1 is 1.07 bits per heavy atom. The Labute approximate surface area is 163 Å². The molecule has 1 amide bonds. The molecule has 0 spiro atoms. The molecule has 1 N–H and O–H groups in total. The van der Waals surface area contributed by atoms with Crippen LogP contribution in [0.2, 0.25) is 0 Å².